The molecule has 2 aliphatic rings. The summed E-state index contributed by atoms with van der Waals surface area (Å²) >= 11 is 0. The number of aromatic nitrogens is 1. The molecule has 0 bridgehead atoms. The van der Waals surface area contributed by atoms with Gasteiger partial charge in [0.25, 0.3) is 0 Å². The van der Waals surface area contributed by atoms with Crippen LogP contribution in [0.2, 0.25) is 0 Å². The number of hydrogen-bond donors (Lipinski definition) is 0. The van der Waals surface area contributed by atoms with E-state index >= 15 is 0 Å². The maximum Gasteiger partial charge on any atom is 0.225 e. The third-order valence-corrected chi connectivity index (χ3v) is 6.26. The Balaban J connectivity index is 1.20. The number of rotatable bonds is 4. The Kier molecular flexibility index (Phi) is 4.92. The minimum Gasteiger partial charge on any atom is -0.490 e. The van der Waals surface area contributed by atoms with Crippen LogP contribution >= 0.6 is 0 Å². The molecule has 0 N–H and O–H groups in total. The zero-order valence-corrected chi connectivity index (χ0v) is 16.6. The number of nitrogens with zero attached hydrogens (tertiary/aromatic N) is 2. The first-order valence-electron chi connectivity index (χ1n) is 10.7. The van der Waals surface area contributed by atoms with Crippen LogP contribution < -0.4 is 4.74 Å². The number of carbonyl (C=O) groups excluding carboxylic acids is 1. The molecule has 4 nitrogen and oxygen atoms in total. The average molecular weight is 386 g/mol. The molecule has 1 aliphatic carbocycles. The first-order valence-corrected chi connectivity index (χ1v) is 10.7. The number of para-hydroxylation sites is 1. The fraction of sp³-hybridized carbons (Fsp3) is 0.360. The second-order valence-electron chi connectivity index (χ2n) is 8.18. The van der Waals surface area contributed by atoms with E-state index in [2.05, 4.69) is 30.3 Å². The second kappa shape index (κ2) is 7.86. The van der Waals surface area contributed by atoms with Crippen molar-refractivity contribution in [1.82, 2.24) is 9.88 Å². The van der Waals surface area contributed by atoms with Crippen molar-refractivity contribution in [1.29, 1.82) is 0 Å². The standard InChI is InChI=1S/C25H26N2O2/c28-25(20-5-3-6-20)27-16-14-22(15-17-27)29-21-11-8-19(9-12-21)24-13-10-18-4-1-2-7-23(18)26-24/h1-2,4,7-13,20,22H,3,5-6,14-17H2. The number of amides is 1. The van der Waals surface area contributed by atoms with Crippen LogP contribution in [0, 0.1) is 5.92 Å². The van der Waals surface area contributed by atoms with Gasteiger partial charge in [0.2, 0.25) is 5.91 Å². The minimum absolute atomic E-state index is 0.185. The van der Waals surface area contributed by atoms with Gasteiger partial charge in [-0.15, -0.1) is 0 Å². The topological polar surface area (TPSA) is 42.4 Å². The highest BCUT2D eigenvalue weighted by Crippen LogP contribution is 2.30. The lowest BCUT2D eigenvalue weighted by molar-refractivity contribution is -0.140. The number of hydrogen-bond acceptors (Lipinski definition) is 3. The summed E-state index contributed by atoms with van der Waals surface area (Å²) in [6.07, 6.45) is 5.37. The Bertz CT molecular complexity index is 1000. The van der Waals surface area contributed by atoms with Crippen LogP contribution in [0.15, 0.2) is 60.7 Å². The molecule has 148 valence electrons. The van der Waals surface area contributed by atoms with Crippen molar-refractivity contribution >= 4 is 16.8 Å². The van der Waals surface area contributed by atoms with Crippen LogP contribution in [0.1, 0.15) is 32.1 Å². The monoisotopic (exact) mass is 386 g/mol. The molecule has 1 amide bonds. The normalized spacial score (nSPS) is 17.9. The first kappa shape index (κ1) is 18.2. The number of ether oxygens (including phenoxy) is 1. The molecule has 2 fully saturated rings. The van der Waals surface area contributed by atoms with Crippen LogP contribution in [0.3, 0.4) is 0 Å². The van der Waals surface area contributed by atoms with Crippen molar-refractivity contribution in [2.75, 3.05) is 13.1 Å². The Morgan fingerprint density at radius 2 is 1.66 bits per heavy atom. The van der Waals surface area contributed by atoms with Crippen LogP contribution in [-0.4, -0.2) is 35.0 Å². The molecule has 5 rings (SSSR count). The Morgan fingerprint density at radius 1 is 0.897 bits per heavy atom. The molecule has 29 heavy (non-hydrogen) atoms. The molecular weight excluding hydrogens is 360 g/mol. The fourth-order valence-electron chi connectivity index (χ4n) is 4.23. The van der Waals surface area contributed by atoms with E-state index in [1.807, 2.05) is 35.2 Å². The molecule has 2 heterocycles. The van der Waals surface area contributed by atoms with E-state index in [-0.39, 0.29) is 6.10 Å². The number of likely N-dealkylation sites (tertiary alicyclic amines) is 1. The maximum atomic E-state index is 12.4. The Morgan fingerprint density at radius 3 is 2.38 bits per heavy atom. The van der Waals surface area contributed by atoms with Crippen molar-refractivity contribution in [2.45, 2.75) is 38.2 Å². The molecule has 4 heteroatoms. The lowest BCUT2D eigenvalue weighted by Crippen LogP contribution is -2.45. The average Bonchev–Trinajstić information content (AvgIpc) is 2.73. The Labute approximate surface area is 171 Å². The molecule has 0 atom stereocenters. The SMILES string of the molecule is O=C(C1CCC1)N1CCC(Oc2ccc(-c3ccc4ccccc4n3)cc2)CC1. The number of benzene rings is 2. The minimum atomic E-state index is 0.185. The van der Waals surface area contributed by atoms with Gasteiger partial charge in [0.05, 0.1) is 11.2 Å². The summed E-state index contributed by atoms with van der Waals surface area (Å²) in [7, 11) is 0. The van der Waals surface area contributed by atoms with E-state index in [0.717, 1.165) is 66.7 Å². The van der Waals surface area contributed by atoms with Crippen LogP contribution in [-0.2, 0) is 4.79 Å². The highest BCUT2D eigenvalue weighted by atomic mass is 16.5. The highest BCUT2D eigenvalue weighted by Gasteiger charge is 2.32. The first-order chi connectivity index (χ1) is 14.3. The molecule has 0 unspecified atom stereocenters. The van der Waals surface area contributed by atoms with Gasteiger partial charge in [0.15, 0.2) is 0 Å². The van der Waals surface area contributed by atoms with E-state index < -0.39 is 0 Å². The molecule has 3 aromatic rings. The summed E-state index contributed by atoms with van der Waals surface area (Å²) in [4.78, 5) is 19.2. The lowest BCUT2D eigenvalue weighted by atomic mass is 9.84. The molecule has 1 saturated heterocycles. The van der Waals surface area contributed by atoms with Crippen LogP contribution in [0.4, 0.5) is 0 Å². The third kappa shape index (κ3) is 3.84. The summed E-state index contributed by atoms with van der Waals surface area (Å²) in [6.45, 7) is 1.64. The van der Waals surface area contributed by atoms with Gasteiger partial charge in [0, 0.05) is 42.8 Å². The van der Waals surface area contributed by atoms with Crippen molar-refractivity contribution in [3.8, 4) is 17.0 Å². The zero-order valence-electron chi connectivity index (χ0n) is 16.6. The van der Waals surface area contributed by atoms with Crippen molar-refractivity contribution in [2.24, 2.45) is 5.92 Å². The summed E-state index contributed by atoms with van der Waals surface area (Å²) < 4.78 is 6.19. The van der Waals surface area contributed by atoms with Crippen molar-refractivity contribution in [3.63, 3.8) is 0 Å². The van der Waals surface area contributed by atoms with E-state index in [0.29, 0.717) is 11.8 Å². The molecule has 0 radical (unpaired) electrons. The lowest BCUT2D eigenvalue weighted by Gasteiger charge is -2.36. The van der Waals surface area contributed by atoms with Gasteiger partial charge in [-0.3, -0.25) is 4.79 Å². The molecule has 1 aliphatic heterocycles. The maximum absolute atomic E-state index is 12.4. The van der Waals surface area contributed by atoms with Gasteiger partial charge in [-0.2, -0.15) is 0 Å². The Hall–Kier alpha value is -2.88. The van der Waals surface area contributed by atoms with E-state index in [4.69, 9.17) is 9.72 Å². The number of pyridine rings is 1. The number of fused-ring (bicyclic) bond motifs is 1. The van der Waals surface area contributed by atoms with Gasteiger partial charge in [0.1, 0.15) is 11.9 Å². The summed E-state index contributed by atoms with van der Waals surface area (Å²) in [5, 5.41) is 1.15. The van der Waals surface area contributed by atoms with Crippen LogP contribution in [0.25, 0.3) is 22.2 Å². The predicted molar refractivity (Wildman–Crippen MR) is 115 cm³/mol. The number of piperidine rings is 1. The molecule has 2 aromatic carbocycles. The largest absolute Gasteiger partial charge is 0.490 e. The summed E-state index contributed by atoms with van der Waals surface area (Å²) in [6, 6.07) is 20.5. The van der Waals surface area contributed by atoms with E-state index in [1.54, 1.807) is 0 Å². The zero-order chi connectivity index (χ0) is 19.6. The summed E-state index contributed by atoms with van der Waals surface area (Å²) in [5.41, 5.74) is 3.07. The van der Waals surface area contributed by atoms with Gasteiger partial charge in [-0.25, -0.2) is 4.98 Å². The predicted octanol–water partition coefficient (Wildman–Crippen LogP) is 5.07. The van der Waals surface area contributed by atoms with E-state index in [9.17, 15) is 4.79 Å². The van der Waals surface area contributed by atoms with Crippen LogP contribution in [0.5, 0.6) is 5.75 Å². The van der Waals surface area contributed by atoms with Gasteiger partial charge >= 0.3 is 0 Å². The summed E-state index contributed by atoms with van der Waals surface area (Å²) in [5.74, 6) is 1.55. The number of carbonyl (C=O) groups is 1. The molecule has 1 aromatic heterocycles. The van der Waals surface area contributed by atoms with Crippen molar-refractivity contribution in [3.05, 3.63) is 60.7 Å². The second-order valence-corrected chi connectivity index (χ2v) is 8.18. The highest BCUT2D eigenvalue weighted by molar-refractivity contribution is 5.81. The van der Waals surface area contributed by atoms with Gasteiger partial charge in [-0.1, -0.05) is 30.7 Å². The molecule has 0 spiro atoms. The molecular formula is C25H26N2O2. The fourth-order valence-corrected chi connectivity index (χ4v) is 4.23. The van der Waals surface area contributed by atoms with Crippen molar-refractivity contribution < 1.29 is 9.53 Å². The van der Waals surface area contributed by atoms with Gasteiger partial charge < -0.3 is 9.64 Å². The third-order valence-electron chi connectivity index (χ3n) is 6.26. The van der Waals surface area contributed by atoms with E-state index in [1.165, 1.54) is 6.42 Å². The smallest absolute Gasteiger partial charge is 0.225 e. The molecule has 1 saturated carbocycles. The van der Waals surface area contributed by atoms with Gasteiger partial charge in [-0.05, 0) is 49.2 Å². The quantitative estimate of drug-likeness (QED) is 0.628.